The molecule has 2 aromatic rings. The van der Waals surface area contributed by atoms with Crippen molar-refractivity contribution in [3.8, 4) is 0 Å². The molecule has 21 heavy (non-hydrogen) atoms. The van der Waals surface area contributed by atoms with E-state index in [0.29, 0.717) is 0 Å². The van der Waals surface area contributed by atoms with Gasteiger partial charge in [-0.15, -0.1) is 0 Å². The van der Waals surface area contributed by atoms with Gasteiger partial charge in [0.05, 0.1) is 0 Å². The lowest BCUT2D eigenvalue weighted by atomic mass is 10.1. The SMILES string of the molecule is CC(C)[C@@H](NC(=O)Cn1ccc2c(Br)cccc21)C(=O)O. The van der Waals surface area contributed by atoms with Crippen LogP contribution in [0.25, 0.3) is 10.9 Å². The van der Waals surface area contributed by atoms with Gasteiger partial charge in [0.25, 0.3) is 0 Å². The summed E-state index contributed by atoms with van der Waals surface area (Å²) >= 11 is 3.46. The summed E-state index contributed by atoms with van der Waals surface area (Å²) in [4.78, 5) is 23.2. The zero-order valence-corrected chi connectivity index (χ0v) is 13.4. The van der Waals surface area contributed by atoms with Gasteiger partial charge in [0, 0.05) is 21.6 Å². The molecule has 0 aliphatic carbocycles. The van der Waals surface area contributed by atoms with E-state index >= 15 is 0 Å². The predicted octanol–water partition coefficient (Wildman–Crippen LogP) is 2.63. The number of rotatable bonds is 5. The van der Waals surface area contributed by atoms with Gasteiger partial charge in [0.1, 0.15) is 12.6 Å². The number of carbonyl (C=O) groups is 2. The third-order valence-electron chi connectivity index (χ3n) is 3.32. The molecule has 0 aliphatic heterocycles. The zero-order chi connectivity index (χ0) is 15.6. The first-order valence-corrected chi connectivity index (χ1v) is 7.45. The lowest BCUT2D eigenvalue weighted by Crippen LogP contribution is -2.45. The Morgan fingerprint density at radius 2 is 2.05 bits per heavy atom. The summed E-state index contributed by atoms with van der Waals surface area (Å²) in [6.45, 7) is 3.62. The van der Waals surface area contributed by atoms with Crippen molar-refractivity contribution in [2.45, 2.75) is 26.4 Å². The second-order valence-electron chi connectivity index (χ2n) is 5.24. The first-order valence-electron chi connectivity index (χ1n) is 6.65. The lowest BCUT2D eigenvalue weighted by molar-refractivity contribution is -0.143. The number of amides is 1. The molecule has 1 atom stereocenters. The number of carboxylic acid groups (broad SMARTS) is 1. The number of carboxylic acids is 1. The molecule has 0 radical (unpaired) electrons. The third kappa shape index (κ3) is 3.44. The summed E-state index contributed by atoms with van der Waals surface area (Å²) in [6, 6.07) is 6.81. The Morgan fingerprint density at radius 1 is 1.33 bits per heavy atom. The second kappa shape index (κ2) is 6.30. The van der Waals surface area contributed by atoms with E-state index in [1.165, 1.54) is 0 Å². The molecule has 0 spiro atoms. The predicted molar refractivity (Wildman–Crippen MR) is 84.0 cm³/mol. The van der Waals surface area contributed by atoms with Gasteiger partial charge in [0.15, 0.2) is 0 Å². The number of benzene rings is 1. The molecule has 0 fully saturated rings. The van der Waals surface area contributed by atoms with Crippen LogP contribution in [0.5, 0.6) is 0 Å². The van der Waals surface area contributed by atoms with E-state index in [0.717, 1.165) is 15.4 Å². The van der Waals surface area contributed by atoms with E-state index < -0.39 is 12.0 Å². The number of aromatic nitrogens is 1. The molecule has 0 unspecified atom stereocenters. The Balaban J connectivity index is 2.15. The summed E-state index contributed by atoms with van der Waals surface area (Å²) in [6.07, 6.45) is 1.82. The minimum absolute atomic E-state index is 0.0937. The molecule has 1 aromatic carbocycles. The van der Waals surface area contributed by atoms with E-state index in [9.17, 15) is 9.59 Å². The van der Waals surface area contributed by atoms with Gasteiger partial charge in [-0.2, -0.15) is 0 Å². The molecule has 6 heteroatoms. The van der Waals surface area contributed by atoms with Gasteiger partial charge in [-0.3, -0.25) is 4.79 Å². The maximum Gasteiger partial charge on any atom is 0.326 e. The van der Waals surface area contributed by atoms with Crippen molar-refractivity contribution >= 4 is 38.7 Å². The highest BCUT2D eigenvalue weighted by molar-refractivity contribution is 9.10. The standard InChI is InChI=1S/C15H17BrN2O3/c1-9(2)14(15(20)21)17-13(19)8-18-7-6-10-11(16)4-3-5-12(10)18/h3-7,9,14H,8H2,1-2H3,(H,17,19)(H,20,21)/t14-/m1/s1. The fraction of sp³-hybridized carbons (Fsp3) is 0.333. The minimum Gasteiger partial charge on any atom is -0.480 e. The van der Waals surface area contributed by atoms with E-state index in [2.05, 4.69) is 21.2 Å². The summed E-state index contributed by atoms with van der Waals surface area (Å²) in [5.41, 5.74) is 0.927. The normalized spacial score (nSPS) is 12.6. The molecular formula is C15H17BrN2O3. The maximum absolute atomic E-state index is 12.1. The van der Waals surface area contributed by atoms with Crippen LogP contribution in [0.2, 0.25) is 0 Å². The second-order valence-corrected chi connectivity index (χ2v) is 6.10. The summed E-state index contributed by atoms with van der Waals surface area (Å²) in [7, 11) is 0. The average Bonchev–Trinajstić information content (AvgIpc) is 2.80. The molecule has 2 rings (SSSR count). The molecule has 2 N–H and O–H groups in total. The third-order valence-corrected chi connectivity index (χ3v) is 4.02. The van der Waals surface area contributed by atoms with Crippen LogP contribution in [0, 0.1) is 5.92 Å². The topological polar surface area (TPSA) is 71.3 Å². The van der Waals surface area contributed by atoms with Gasteiger partial charge >= 0.3 is 5.97 Å². The first kappa shape index (κ1) is 15.6. The van der Waals surface area contributed by atoms with Crippen LogP contribution in [0.15, 0.2) is 34.9 Å². The number of nitrogens with one attached hydrogen (secondary N) is 1. The largest absolute Gasteiger partial charge is 0.480 e. The van der Waals surface area contributed by atoms with Crippen molar-refractivity contribution in [1.29, 1.82) is 0 Å². The van der Waals surface area contributed by atoms with Gasteiger partial charge in [-0.1, -0.05) is 35.8 Å². The van der Waals surface area contributed by atoms with E-state index in [4.69, 9.17) is 5.11 Å². The van der Waals surface area contributed by atoms with Crippen LogP contribution in [0.1, 0.15) is 13.8 Å². The quantitative estimate of drug-likeness (QED) is 0.868. The number of hydrogen-bond donors (Lipinski definition) is 2. The highest BCUT2D eigenvalue weighted by atomic mass is 79.9. The molecule has 1 heterocycles. The number of carbonyl (C=O) groups excluding carboxylic acids is 1. The van der Waals surface area contributed by atoms with Crippen LogP contribution in [-0.4, -0.2) is 27.6 Å². The molecule has 0 aliphatic rings. The van der Waals surface area contributed by atoms with Crippen molar-refractivity contribution in [2.24, 2.45) is 5.92 Å². The molecule has 0 bridgehead atoms. The first-order chi connectivity index (χ1) is 9.90. The minimum atomic E-state index is -1.02. The van der Waals surface area contributed by atoms with Crippen LogP contribution in [-0.2, 0) is 16.1 Å². The molecule has 1 amide bonds. The number of aliphatic carboxylic acids is 1. The fourth-order valence-corrected chi connectivity index (χ4v) is 2.70. The Labute approximate surface area is 131 Å². The van der Waals surface area contributed by atoms with Crippen LogP contribution in [0.4, 0.5) is 0 Å². The Hall–Kier alpha value is -1.82. The van der Waals surface area contributed by atoms with Crippen LogP contribution < -0.4 is 5.32 Å². The van der Waals surface area contributed by atoms with Crippen molar-refractivity contribution in [3.05, 3.63) is 34.9 Å². The zero-order valence-electron chi connectivity index (χ0n) is 11.8. The van der Waals surface area contributed by atoms with Crippen molar-refractivity contribution < 1.29 is 14.7 Å². The molecule has 1 aromatic heterocycles. The van der Waals surface area contributed by atoms with Crippen LogP contribution >= 0.6 is 15.9 Å². The van der Waals surface area contributed by atoms with Crippen molar-refractivity contribution in [3.63, 3.8) is 0 Å². The summed E-state index contributed by atoms with van der Waals surface area (Å²) in [5, 5.41) is 12.7. The highest BCUT2D eigenvalue weighted by Crippen LogP contribution is 2.24. The Morgan fingerprint density at radius 3 is 2.67 bits per heavy atom. The number of halogens is 1. The Kier molecular flexibility index (Phi) is 4.67. The van der Waals surface area contributed by atoms with Gasteiger partial charge < -0.3 is 15.0 Å². The smallest absolute Gasteiger partial charge is 0.326 e. The molecule has 0 saturated carbocycles. The molecule has 5 nitrogen and oxygen atoms in total. The van der Waals surface area contributed by atoms with E-state index in [-0.39, 0.29) is 18.4 Å². The summed E-state index contributed by atoms with van der Waals surface area (Å²) in [5.74, 6) is -1.49. The van der Waals surface area contributed by atoms with E-state index in [1.54, 1.807) is 18.4 Å². The molecule has 0 saturated heterocycles. The molecule has 112 valence electrons. The van der Waals surface area contributed by atoms with E-state index in [1.807, 2.05) is 30.5 Å². The van der Waals surface area contributed by atoms with Gasteiger partial charge in [0.2, 0.25) is 5.91 Å². The van der Waals surface area contributed by atoms with Crippen LogP contribution in [0.3, 0.4) is 0 Å². The van der Waals surface area contributed by atoms with Crippen molar-refractivity contribution in [1.82, 2.24) is 9.88 Å². The monoisotopic (exact) mass is 352 g/mol. The number of nitrogens with zero attached hydrogens (tertiary/aromatic N) is 1. The molecular weight excluding hydrogens is 336 g/mol. The lowest BCUT2D eigenvalue weighted by Gasteiger charge is -2.18. The number of hydrogen-bond acceptors (Lipinski definition) is 2. The average molecular weight is 353 g/mol. The summed E-state index contributed by atoms with van der Waals surface area (Å²) < 4.78 is 2.76. The van der Waals surface area contributed by atoms with Gasteiger partial charge in [-0.05, 0) is 24.1 Å². The maximum atomic E-state index is 12.1. The van der Waals surface area contributed by atoms with Gasteiger partial charge in [-0.25, -0.2) is 4.79 Å². The highest BCUT2D eigenvalue weighted by Gasteiger charge is 2.23. The fourth-order valence-electron chi connectivity index (χ4n) is 2.21. The number of fused-ring (bicyclic) bond motifs is 1. The van der Waals surface area contributed by atoms with Crippen molar-refractivity contribution in [2.75, 3.05) is 0 Å². The Bertz CT molecular complexity index is 679.